The molecule has 0 unspecified atom stereocenters. The number of aromatic amines is 1. The Morgan fingerprint density at radius 2 is 1.74 bits per heavy atom. The number of rotatable bonds is 8. The number of hydrogen-bond acceptors (Lipinski definition) is 5. The van der Waals surface area contributed by atoms with Gasteiger partial charge in [0.25, 0.3) is 0 Å². The summed E-state index contributed by atoms with van der Waals surface area (Å²) >= 11 is 3.14. The largest absolute Gasteiger partial charge is 0.322 e. The second kappa shape index (κ2) is 11.3. The maximum Gasteiger partial charge on any atom is 0.322 e. The summed E-state index contributed by atoms with van der Waals surface area (Å²) in [4.78, 5) is 21.1. The number of aromatic nitrogens is 3. The van der Waals surface area contributed by atoms with Crippen LogP contribution >= 0.6 is 23.5 Å². The van der Waals surface area contributed by atoms with E-state index in [-0.39, 0.29) is 6.03 Å². The Kier molecular flexibility index (Phi) is 7.92. The van der Waals surface area contributed by atoms with Crippen molar-refractivity contribution in [1.82, 2.24) is 20.1 Å². The van der Waals surface area contributed by atoms with Crippen LogP contribution in [0.1, 0.15) is 16.8 Å². The quantitative estimate of drug-likeness (QED) is 0.278. The van der Waals surface area contributed by atoms with E-state index in [1.54, 1.807) is 18.0 Å². The number of nitrogens with one attached hydrogen (secondary N) is 2. The molecule has 2 aromatic heterocycles. The molecule has 6 nitrogen and oxygen atoms in total. The summed E-state index contributed by atoms with van der Waals surface area (Å²) in [6, 6.07) is 22.0. The van der Waals surface area contributed by atoms with Crippen molar-refractivity contribution in [3.05, 3.63) is 89.7 Å². The van der Waals surface area contributed by atoms with Gasteiger partial charge in [-0.1, -0.05) is 48.5 Å². The Bertz CT molecular complexity index is 1220. The van der Waals surface area contributed by atoms with E-state index in [9.17, 15) is 4.79 Å². The van der Waals surface area contributed by atoms with Gasteiger partial charge >= 0.3 is 6.03 Å². The summed E-state index contributed by atoms with van der Waals surface area (Å²) in [5.74, 6) is 0. The predicted octanol–water partition coefficient (Wildman–Crippen LogP) is 6.46. The Labute approximate surface area is 208 Å². The number of nitrogens with zero attached hydrogens (tertiary/aromatic N) is 3. The first-order chi connectivity index (χ1) is 16.6. The van der Waals surface area contributed by atoms with Crippen molar-refractivity contribution in [3.63, 3.8) is 0 Å². The molecule has 2 amide bonds. The third-order valence-electron chi connectivity index (χ3n) is 5.34. The first-order valence-electron chi connectivity index (χ1n) is 10.9. The predicted molar refractivity (Wildman–Crippen MR) is 141 cm³/mol. The Balaban J connectivity index is 1.63. The molecule has 0 bridgehead atoms. The molecule has 0 aliphatic rings. The van der Waals surface area contributed by atoms with Crippen molar-refractivity contribution in [2.75, 3.05) is 17.8 Å². The second-order valence-corrected chi connectivity index (χ2v) is 9.44. The van der Waals surface area contributed by atoms with Gasteiger partial charge in [0, 0.05) is 29.9 Å². The van der Waals surface area contributed by atoms with Gasteiger partial charge < -0.3 is 10.2 Å². The highest BCUT2D eigenvalue weighted by Crippen LogP contribution is 2.34. The number of carbonyl (C=O) groups is 1. The molecule has 2 heterocycles. The molecule has 8 heteroatoms. The van der Waals surface area contributed by atoms with Gasteiger partial charge in [0.05, 0.1) is 11.4 Å². The summed E-state index contributed by atoms with van der Waals surface area (Å²) in [7, 11) is 0. The lowest BCUT2D eigenvalue weighted by Gasteiger charge is -2.25. The van der Waals surface area contributed by atoms with Gasteiger partial charge in [-0.05, 0) is 54.3 Å². The number of hydrogen-bond donors (Lipinski definition) is 2. The fraction of sp³-hybridized carbons (Fsp3) is 0.192. The van der Waals surface area contributed by atoms with Crippen molar-refractivity contribution in [2.45, 2.75) is 29.9 Å². The van der Waals surface area contributed by atoms with Gasteiger partial charge in [-0.25, -0.2) is 9.78 Å². The Hall–Kier alpha value is -3.23. The number of urea groups is 1. The first kappa shape index (κ1) is 23.9. The fourth-order valence-corrected chi connectivity index (χ4v) is 5.01. The van der Waals surface area contributed by atoms with Crippen LogP contribution in [0.15, 0.2) is 82.8 Å². The number of amides is 2. The highest BCUT2D eigenvalue weighted by atomic mass is 32.2. The summed E-state index contributed by atoms with van der Waals surface area (Å²) in [5, 5.41) is 11.0. The van der Waals surface area contributed by atoms with Crippen LogP contribution in [-0.2, 0) is 13.1 Å². The van der Waals surface area contributed by atoms with Crippen LogP contribution in [0.4, 0.5) is 10.5 Å². The van der Waals surface area contributed by atoms with E-state index in [0.717, 1.165) is 43.7 Å². The van der Waals surface area contributed by atoms with E-state index >= 15 is 0 Å². The number of benzene rings is 2. The van der Waals surface area contributed by atoms with Gasteiger partial charge in [0.1, 0.15) is 5.03 Å². The number of aryl methyl sites for hydroxylation is 1. The molecule has 174 valence electrons. The van der Waals surface area contributed by atoms with Crippen LogP contribution in [-0.4, -0.2) is 38.6 Å². The van der Waals surface area contributed by atoms with Crippen LogP contribution in [0.3, 0.4) is 0 Å². The van der Waals surface area contributed by atoms with Gasteiger partial charge in [-0.2, -0.15) is 5.10 Å². The molecule has 0 saturated heterocycles. The van der Waals surface area contributed by atoms with E-state index in [1.165, 1.54) is 11.8 Å². The molecule has 34 heavy (non-hydrogen) atoms. The molecule has 2 N–H and O–H groups in total. The zero-order valence-corrected chi connectivity index (χ0v) is 21.0. The number of pyridine rings is 1. The molecule has 4 rings (SSSR count). The summed E-state index contributed by atoms with van der Waals surface area (Å²) in [6.45, 7) is 2.92. The van der Waals surface area contributed by atoms with Gasteiger partial charge in [-0.15, -0.1) is 23.5 Å². The molecule has 0 aliphatic carbocycles. The third kappa shape index (κ3) is 5.81. The van der Waals surface area contributed by atoms with Crippen LogP contribution in [0, 0.1) is 6.92 Å². The molecule has 0 spiro atoms. The highest BCUT2D eigenvalue weighted by molar-refractivity contribution is 7.99. The smallest absolute Gasteiger partial charge is 0.316 e. The standard InChI is InChI=1S/C26H27N5OS2/c1-18-14-23(33-2)24(25(28-18)34-3)29-26(32)31(16-19-8-5-4-6-9-19)17-20-10-7-11-21(15-20)22-12-13-27-30-22/h4-15H,16-17H2,1-3H3,(H,27,30)(H,29,32). The van der Waals surface area contributed by atoms with Gasteiger partial charge in [0.15, 0.2) is 0 Å². The van der Waals surface area contributed by atoms with E-state index in [0.29, 0.717) is 13.1 Å². The van der Waals surface area contributed by atoms with Crippen molar-refractivity contribution in [3.8, 4) is 11.3 Å². The van der Waals surface area contributed by atoms with Crippen molar-refractivity contribution < 1.29 is 4.79 Å². The average Bonchev–Trinajstić information content (AvgIpc) is 3.40. The summed E-state index contributed by atoms with van der Waals surface area (Å²) in [5.41, 5.74) is 5.78. The minimum Gasteiger partial charge on any atom is -0.316 e. The van der Waals surface area contributed by atoms with Crippen LogP contribution in [0.25, 0.3) is 11.3 Å². The van der Waals surface area contributed by atoms with Crippen molar-refractivity contribution >= 4 is 35.2 Å². The molecular formula is C26H27N5OS2. The molecule has 0 radical (unpaired) electrons. The monoisotopic (exact) mass is 489 g/mol. The minimum absolute atomic E-state index is 0.160. The van der Waals surface area contributed by atoms with E-state index in [2.05, 4.69) is 26.6 Å². The molecule has 4 aromatic rings. The Morgan fingerprint density at radius 3 is 2.44 bits per heavy atom. The van der Waals surface area contributed by atoms with Crippen LogP contribution < -0.4 is 5.32 Å². The molecular weight excluding hydrogens is 462 g/mol. The molecule has 0 fully saturated rings. The van der Waals surface area contributed by atoms with E-state index in [4.69, 9.17) is 0 Å². The normalized spacial score (nSPS) is 10.8. The molecule has 0 aliphatic heterocycles. The van der Waals surface area contributed by atoms with Crippen LogP contribution in [0.2, 0.25) is 0 Å². The number of thioether (sulfide) groups is 2. The van der Waals surface area contributed by atoms with Gasteiger partial charge in [-0.3, -0.25) is 5.10 Å². The lowest BCUT2D eigenvalue weighted by Crippen LogP contribution is -2.34. The molecule has 0 atom stereocenters. The summed E-state index contributed by atoms with van der Waals surface area (Å²) in [6.07, 6.45) is 5.72. The second-order valence-electron chi connectivity index (χ2n) is 7.79. The van der Waals surface area contributed by atoms with E-state index in [1.807, 2.05) is 85.0 Å². The zero-order valence-electron chi connectivity index (χ0n) is 19.4. The number of anilines is 1. The third-order valence-corrected chi connectivity index (χ3v) is 6.78. The van der Waals surface area contributed by atoms with Crippen molar-refractivity contribution in [1.29, 1.82) is 0 Å². The number of H-pyrrole nitrogens is 1. The topological polar surface area (TPSA) is 73.9 Å². The average molecular weight is 490 g/mol. The fourth-order valence-electron chi connectivity index (χ4n) is 3.70. The van der Waals surface area contributed by atoms with Crippen molar-refractivity contribution in [2.24, 2.45) is 0 Å². The molecule has 0 saturated carbocycles. The lowest BCUT2D eigenvalue weighted by molar-refractivity contribution is 0.206. The highest BCUT2D eigenvalue weighted by Gasteiger charge is 2.19. The Morgan fingerprint density at radius 1 is 0.971 bits per heavy atom. The maximum absolute atomic E-state index is 13.6. The SMILES string of the molecule is CSc1cc(C)nc(SC)c1NC(=O)N(Cc1ccccc1)Cc1cccc(-c2ccn[nH]2)c1. The van der Waals surface area contributed by atoms with Crippen LogP contribution in [0.5, 0.6) is 0 Å². The number of carbonyl (C=O) groups excluding carboxylic acids is 1. The van der Waals surface area contributed by atoms with Gasteiger partial charge in [0.2, 0.25) is 0 Å². The first-order valence-corrected chi connectivity index (χ1v) is 13.3. The minimum atomic E-state index is -0.160. The lowest BCUT2D eigenvalue weighted by atomic mass is 10.1. The molecule has 2 aromatic carbocycles. The summed E-state index contributed by atoms with van der Waals surface area (Å²) < 4.78 is 0. The van der Waals surface area contributed by atoms with E-state index < -0.39 is 0 Å². The zero-order chi connectivity index (χ0) is 23.9. The maximum atomic E-state index is 13.6.